The number of hydrogen-bond acceptors (Lipinski definition) is 5. The molecule has 1 atom stereocenters. The highest BCUT2D eigenvalue weighted by Gasteiger charge is 2.32. The molecular weight excluding hydrogens is 470 g/mol. The van der Waals surface area contributed by atoms with Gasteiger partial charge in [-0.15, -0.1) is 11.3 Å². The lowest BCUT2D eigenvalue weighted by molar-refractivity contribution is -0.134. The number of amides is 2. The van der Waals surface area contributed by atoms with Gasteiger partial charge in [0.25, 0.3) is 5.91 Å². The molecule has 2 amide bonds. The van der Waals surface area contributed by atoms with Gasteiger partial charge in [0, 0.05) is 24.9 Å². The minimum atomic E-state index is -0.153. The SMILES string of the molecule is CCCNC(=O)c1csc(COc2ccc3c(c2)[C@H](c2ccc(C)cc2)N(C(=O)CC(C)C)CC3)n1. The van der Waals surface area contributed by atoms with E-state index in [1.165, 1.54) is 22.5 Å². The molecule has 0 aliphatic carbocycles. The summed E-state index contributed by atoms with van der Waals surface area (Å²) < 4.78 is 6.11. The number of rotatable bonds is 9. The first-order valence-corrected chi connectivity index (χ1v) is 13.6. The Labute approximate surface area is 217 Å². The van der Waals surface area contributed by atoms with Crippen LogP contribution in [-0.4, -0.2) is 34.8 Å². The lowest BCUT2D eigenvalue weighted by atomic mass is 9.87. The van der Waals surface area contributed by atoms with Crippen LogP contribution >= 0.6 is 11.3 Å². The second-order valence-corrected chi connectivity index (χ2v) is 10.7. The topological polar surface area (TPSA) is 71.5 Å². The van der Waals surface area contributed by atoms with Crippen molar-refractivity contribution in [3.63, 3.8) is 0 Å². The molecule has 0 fully saturated rings. The Morgan fingerprint density at radius 1 is 1.19 bits per heavy atom. The van der Waals surface area contributed by atoms with Crippen molar-refractivity contribution in [3.05, 3.63) is 80.8 Å². The molecule has 0 saturated carbocycles. The van der Waals surface area contributed by atoms with Gasteiger partial charge in [-0.2, -0.15) is 0 Å². The number of hydrogen-bond donors (Lipinski definition) is 1. The van der Waals surface area contributed by atoms with Gasteiger partial charge in [-0.3, -0.25) is 9.59 Å². The maximum absolute atomic E-state index is 13.2. The van der Waals surface area contributed by atoms with Crippen molar-refractivity contribution in [2.45, 2.75) is 59.6 Å². The summed E-state index contributed by atoms with van der Waals surface area (Å²) in [7, 11) is 0. The Bertz CT molecular complexity index is 1200. The summed E-state index contributed by atoms with van der Waals surface area (Å²) in [6.07, 6.45) is 2.24. The highest BCUT2D eigenvalue weighted by Crippen LogP contribution is 2.38. The molecule has 2 heterocycles. The average molecular weight is 506 g/mol. The number of nitrogens with one attached hydrogen (secondary N) is 1. The first-order valence-electron chi connectivity index (χ1n) is 12.7. The molecule has 0 spiro atoms. The average Bonchev–Trinajstić information content (AvgIpc) is 3.34. The van der Waals surface area contributed by atoms with Crippen molar-refractivity contribution in [2.75, 3.05) is 13.1 Å². The molecule has 190 valence electrons. The van der Waals surface area contributed by atoms with Crippen molar-refractivity contribution >= 4 is 23.2 Å². The van der Waals surface area contributed by atoms with Crippen LogP contribution in [0.5, 0.6) is 5.75 Å². The predicted molar refractivity (Wildman–Crippen MR) is 143 cm³/mol. The zero-order valence-corrected chi connectivity index (χ0v) is 22.4. The highest BCUT2D eigenvalue weighted by molar-refractivity contribution is 7.09. The molecule has 7 heteroatoms. The van der Waals surface area contributed by atoms with Crippen molar-refractivity contribution in [1.82, 2.24) is 15.2 Å². The van der Waals surface area contributed by atoms with Crippen LogP contribution in [0.25, 0.3) is 0 Å². The van der Waals surface area contributed by atoms with Gasteiger partial charge in [0.05, 0.1) is 6.04 Å². The van der Waals surface area contributed by atoms with Crippen LogP contribution in [0.1, 0.15) is 77.4 Å². The number of ether oxygens (including phenoxy) is 1. The van der Waals surface area contributed by atoms with Gasteiger partial charge >= 0.3 is 0 Å². The predicted octanol–water partition coefficient (Wildman–Crippen LogP) is 5.69. The highest BCUT2D eigenvalue weighted by atomic mass is 32.1. The zero-order chi connectivity index (χ0) is 25.7. The monoisotopic (exact) mass is 505 g/mol. The van der Waals surface area contributed by atoms with Gasteiger partial charge in [-0.1, -0.05) is 56.7 Å². The Kier molecular flexibility index (Phi) is 8.41. The van der Waals surface area contributed by atoms with E-state index in [1.54, 1.807) is 5.38 Å². The number of aromatic nitrogens is 1. The van der Waals surface area contributed by atoms with Crippen molar-refractivity contribution in [3.8, 4) is 5.75 Å². The number of carbonyl (C=O) groups is 2. The molecule has 2 aromatic carbocycles. The summed E-state index contributed by atoms with van der Waals surface area (Å²) in [5.74, 6) is 1.07. The fourth-order valence-electron chi connectivity index (χ4n) is 4.48. The lowest BCUT2D eigenvalue weighted by Crippen LogP contribution is -2.41. The van der Waals surface area contributed by atoms with E-state index in [0.717, 1.165) is 34.7 Å². The third-order valence-electron chi connectivity index (χ3n) is 6.32. The van der Waals surface area contributed by atoms with Gasteiger partial charge in [0.15, 0.2) is 0 Å². The minimum Gasteiger partial charge on any atom is -0.486 e. The molecule has 1 aromatic heterocycles. The van der Waals surface area contributed by atoms with Gasteiger partial charge in [-0.05, 0) is 54.5 Å². The van der Waals surface area contributed by atoms with Crippen molar-refractivity contribution in [2.24, 2.45) is 5.92 Å². The Balaban J connectivity index is 1.56. The van der Waals surface area contributed by atoms with E-state index in [2.05, 4.69) is 67.5 Å². The van der Waals surface area contributed by atoms with Gasteiger partial charge in [0.2, 0.25) is 5.91 Å². The zero-order valence-electron chi connectivity index (χ0n) is 21.5. The third kappa shape index (κ3) is 6.13. The number of nitrogens with zero attached hydrogens (tertiary/aromatic N) is 2. The van der Waals surface area contributed by atoms with Crippen LogP contribution in [0.15, 0.2) is 47.8 Å². The van der Waals surface area contributed by atoms with Gasteiger partial charge in [-0.25, -0.2) is 4.98 Å². The number of aryl methyl sites for hydroxylation is 1. The molecule has 3 aromatic rings. The van der Waals surface area contributed by atoms with Crippen molar-refractivity contribution in [1.29, 1.82) is 0 Å². The Morgan fingerprint density at radius 3 is 2.69 bits per heavy atom. The summed E-state index contributed by atoms with van der Waals surface area (Å²) >= 11 is 1.42. The van der Waals surface area contributed by atoms with Crippen LogP contribution in [0.2, 0.25) is 0 Å². The van der Waals surface area contributed by atoms with E-state index in [-0.39, 0.29) is 24.5 Å². The summed E-state index contributed by atoms with van der Waals surface area (Å²) in [5, 5.41) is 5.37. The maximum atomic E-state index is 13.2. The van der Waals surface area contributed by atoms with Gasteiger partial charge in [0.1, 0.15) is 23.1 Å². The molecule has 4 rings (SSSR count). The third-order valence-corrected chi connectivity index (χ3v) is 7.15. The second kappa shape index (κ2) is 11.7. The summed E-state index contributed by atoms with van der Waals surface area (Å²) in [6, 6.07) is 14.5. The van der Waals surface area contributed by atoms with Crippen LogP contribution in [-0.2, 0) is 17.8 Å². The van der Waals surface area contributed by atoms with Crippen molar-refractivity contribution < 1.29 is 14.3 Å². The van der Waals surface area contributed by atoms with Crippen LogP contribution in [0.3, 0.4) is 0 Å². The summed E-state index contributed by atoms with van der Waals surface area (Å²) in [4.78, 5) is 31.9. The Morgan fingerprint density at radius 2 is 1.97 bits per heavy atom. The molecule has 36 heavy (non-hydrogen) atoms. The summed E-state index contributed by atoms with van der Waals surface area (Å²) in [5.41, 5.74) is 5.08. The minimum absolute atomic E-state index is 0.141. The molecule has 0 unspecified atom stereocenters. The molecular formula is C29H35N3O3S. The molecule has 0 saturated heterocycles. The molecule has 1 aliphatic rings. The van der Waals surface area contributed by atoms with E-state index < -0.39 is 0 Å². The summed E-state index contributed by atoms with van der Waals surface area (Å²) in [6.45, 7) is 9.89. The molecule has 0 radical (unpaired) electrons. The molecule has 1 aliphatic heterocycles. The largest absolute Gasteiger partial charge is 0.486 e. The smallest absolute Gasteiger partial charge is 0.270 e. The van der Waals surface area contributed by atoms with Crippen LogP contribution in [0, 0.1) is 12.8 Å². The first-order chi connectivity index (χ1) is 17.4. The van der Waals surface area contributed by atoms with E-state index >= 15 is 0 Å². The normalized spacial score (nSPS) is 15.0. The van der Waals surface area contributed by atoms with E-state index in [9.17, 15) is 9.59 Å². The van der Waals surface area contributed by atoms with E-state index in [0.29, 0.717) is 31.1 Å². The standard InChI is InChI=1S/C29H35N3O3S/c1-5-13-30-29(34)25-18-36-26(31-25)17-35-23-11-10-21-12-14-32(27(33)15-19(2)3)28(24(21)16-23)22-8-6-20(4)7-9-22/h6-11,16,18-19,28H,5,12-15,17H2,1-4H3,(H,30,34)/t28-/m0/s1. The first kappa shape index (κ1) is 25.9. The fraction of sp³-hybridized carbons (Fsp3) is 0.414. The lowest BCUT2D eigenvalue weighted by Gasteiger charge is -2.38. The maximum Gasteiger partial charge on any atom is 0.270 e. The van der Waals surface area contributed by atoms with E-state index in [4.69, 9.17) is 4.74 Å². The van der Waals surface area contributed by atoms with E-state index in [1.807, 2.05) is 17.9 Å². The molecule has 1 N–H and O–H groups in total. The van der Waals surface area contributed by atoms with Gasteiger partial charge < -0.3 is 15.0 Å². The number of benzene rings is 2. The Hall–Kier alpha value is -3.19. The van der Waals surface area contributed by atoms with Crippen LogP contribution in [0.4, 0.5) is 0 Å². The molecule has 0 bridgehead atoms. The second-order valence-electron chi connectivity index (χ2n) is 9.78. The molecule has 6 nitrogen and oxygen atoms in total. The van der Waals surface area contributed by atoms with Crippen LogP contribution < -0.4 is 10.1 Å². The number of thiazole rings is 1. The quantitative estimate of drug-likeness (QED) is 0.406. The number of carbonyl (C=O) groups excluding carboxylic acids is 2. The number of fused-ring (bicyclic) bond motifs is 1. The fourth-order valence-corrected chi connectivity index (χ4v) is 5.17.